The highest BCUT2D eigenvalue weighted by atomic mass is 19.4. The molecule has 1 rings (SSSR count). The van der Waals surface area contributed by atoms with E-state index < -0.39 is 30.1 Å². The molecule has 0 aliphatic heterocycles. The Hall–Kier alpha value is -2.39. The number of ketones is 2. The predicted octanol–water partition coefficient (Wildman–Crippen LogP) is 3.05. The zero-order valence-electron chi connectivity index (χ0n) is 12.8. The van der Waals surface area contributed by atoms with Crippen molar-refractivity contribution in [2.45, 2.75) is 18.5 Å². The number of halogens is 5. The third-order valence-electron chi connectivity index (χ3n) is 3.01. The van der Waals surface area contributed by atoms with E-state index in [0.29, 0.717) is 0 Å². The summed E-state index contributed by atoms with van der Waals surface area (Å²) in [5.41, 5.74) is -0.337. The molecular formula is C14H13F5O5. The van der Waals surface area contributed by atoms with Crippen LogP contribution in [0.15, 0.2) is 12.1 Å². The summed E-state index contributed by atoms with van der Waals surface area (Å²) in [5, 5.41) is 0. The second kappa shape index (κ2) is 7.02. The average molecular weight is 356 g/mol. The SMILES string of the molecule is COc1cc(C(=O)CC(=O)C(F)(F)C(F)(F)F)cc(OC)c1OC. The highest BCUT2D eigenvalue weighted by Gasteiger charge is 2.62. The third-order valence-corrected chi connectivity index (χ3v) is 3.01. The molecule has 0 spiro atoms. The van der Waals surface area contributed by atoms with E-state index in [0.717, 1.165) is 12.1 Å². The van der Waals surface area contributed by atoms with Crippen molar-refractivity contribution < 1.29 is 45.8 Å². The molecule has 10 heteroatoms. The monoisotopic (exact) mass is 356 g/mol. The number of methoxy groups -OCH3 is 3. The van der Waals surface area contributed by atoms with E-state index in [-0.39, 0.29) is 22.8 Å². The van der Waals surface area contributed by atoms with Crippen LogP contribution < -0.4 is 14.2 Å². The van der Waals surface area contributed by atoms with E-state index in [4.69, 9.17) is 14.2 Å². The molecule has 24 heavy (non-hydrogen) atoms. The molecule has 5 nitrogen and oxygen atoms in total. The lowest BCUT2D eigenvalue weighted by Crippen LogP contribution is -2.44. The fourth-order valence-corrected chi connectivity index (χ4v) is 1.76. The molecule has 0 aromatic heterocycles. The van der Waals surface area contributed by atoms with E-state index in [9.17, 15) is 31.5 Å². The summed E-state index contributed by atoms with van der Waals surface area (Å²) < 4.78 is 77.1. The third kappa shape index (κ3) is 3.74. The van der Waals surface area contributed by atoms with Gasteiger partial charge in [0.15, 0.2) is 17.3 Å². The van der Waals surface area contributed by atoms with Gasteiger partial charge in [0.05, 0.1) is 27.8 Å². The Bertz CT molecular complexity index is 614. The van der Waals surface area contributed by atoms with Crippen molar-refractivity contribution >= 4 is 11.6 Å². The number of carbonyl (C=O) groups is 2. The molecule has 0 atom stereocenters. The van der Waals surface area contributed by atoms with Crippen LogP contribution in [0.4, 0.5) is 22.0 Å². The molecule has 1 aromatic carbocycles. The highest BCUT2D eigenvalue weighted by Crippen LogP contribution is 2.40. The zero-order valence-corrected chi connectivity index (χ0v) is 12.8. The van der Waals surface area contributed by atoms with Gasteiger partial charge in [-0.3, -0.25) is 9.59 Å². The minimum atomic E-state index is -6.07. The maximum Gasteiger partial charge on any atom is 0.461 e. The van der Waals surface area contributed by atoms with Gasteiger partial charge in [-0.15, -0.1) is 0 Å². The first kappa shape index (κ1) is 19.7. The number of rotatable bonds is 7. The number of Topliss-reactive ketones (excluding diaryl/α,β-unsaturated/α-hetero) is 2. The molecule has 0 amide bonds. The van der Waals surface area contributed by atoms with Gasteiger partial charge in [0.1, 0.15) is 0 Å². The largest absolute Gasteiger partial charge is 0.493 e. The van der Waals surface area contributed by atoms with E-state index in [1.807, 2.05) is 0 Å². The molecule has 0 bridgehead atoms. The summed E-state index contributed by atoms with van der Waals surface area (Å²) in [6, 6.07) is 2.09. The normalized spacial score (nSPS) is 11.8. The van der Waals surface area contributed by atoms with Crippen molar-refractivity contribution in [1.82, 2.24) is 0 Å². The Morgan fingerprint density at radius 3 is 1.71 bits per heavy atom. The van der Waals surface area contributed by atoms with Crippen LogP contribution in [0.2, 0.25) is 0 Å². The first-order valence-corrected chi connectivity index (χ1v) is 6.30. The van der Waals surface area contributed by atoms with Gasteiger partial charge < -0.3 is 14.2 Å². The molecule has 0 saturated heterocycles. The van der Waals surface area contributed by atoms with Gasteiger partial charge in [-0.1, -0.05) is 0 Å². The molecular weight excluding hydrogens is 343 g/mol. The summed E-state index contributed by atoms with van der Waals surface area (Å²) >= 11 is 0. The Kier molecular flexibility index (Phi) is 5.75. The van der Waals surface area contributed by atoms with E-state index >= 15 is 0 Å². The van der Waals surface area contributed by atoms with Crippen molar-refractivity contribution in [2.75, 3.05) is 21.3 Å². The standard InChI is InChI=1S/C14H13F5O5/c1-22-9-4-7(5-10(23-2)12(9)24-3)8(20)6-11(21)13(15,16)14(17,18)19/h4-5H,6H2,1-3H3. The van der Waals surface area contributed by atoms with E-state index in [1.54, 1.807) is 0 Å². The van der Waals surface area contributed by atoms with Crippen LogP contribution in [-0.4, -0.2) is 45.0 Å². The molecule has 0 fully saturated rings. The molecule has 1 aromatic rings. The number of alkyl halides is 5. The fraction of sp³-hybridized carbons (Fsp3) is 0.429. The number of hydrogen-bond donors (Lipinski definition) is 0. The quantitative estimate of drug-likeness (QED) is 0.427. The van der Waals surface area contributed by atoms with Gasteiger partial charge >= 0.3 is 12.1 Å². The van der Waals surface area contributed by atoms with Gasteiger partial charge in [-0.2, -0.15) is 22.0 Å². The second-order valence-electron chi connectivity index (χ2n) is 4.51. The van der Waals surface area contributed by atoms with Crippen LogP contribution >= 0.6 is 0 Å². The Morgan fingerprint density at radius 1 is 0.917 bits per heavy atom. The van der Waals surface area contributed by atoms with Crippen molar-refractivity contribution in [3.63, 3.8) is 0 Å². The van der Waals surface area contributed by atoms with E-state index in [1.165, 1.54) is 21.3 Å². The van der Waals surface area contributed by atoms with Crippen molar-refractivity contribution in [3.8, 4) is 17.2 Å². The maximum atomic E-state index is 12.9. The molecule has 0 radical (unpaired) electrons. The van der Waals surface area contributed by atoms with Crippen LogP contribution in [0.1, 0.15) is 16.8 Å². The van der Waals surface area contributed by atoms with Crippen LogP contribution in [0.25, 0.3) is 0 Å². The topological polar surface area (TPSA) is 61.8 Å². The molecule has 134 valence electrons. The van der Waals surface area contributed by atoms with Gasteiger partial charge in [0.25, 0.3) is 0 Å². The Morgan fingerprint density at radius 2 is 1.38 bits per heavy atom. The summed E-state index contributed by atoms with van der Waals surface area (Å²) in [5.74, 6) is -9.35. The Labute approximate surface area is 133 Å². The first-order valence-electron chi connectivity index (χ1n) is 6.30. The summed E-state index contributed by atoms with van der Waals surface area (Å²) in [4.78, 5) is 23.0. The first-order chi connectivity index (χ1) is 11.0. The van der Waals surface area contributed by atoms with Crippen LogP contribution in [0.3, 0.4) is 0 Å². The van der Waals surface area contributed by atoms with Crippen LogP contribution in [0.5, 0.6) is 17.2 Å². The maximum absolute atomic E-state index is 12.9. The number of ether oxygens (including phenoxy) is 3. The number of carbonyl (C=O) groups excluding carboxylic acids is 2. The average Bonchev–Trinajstić information content (AvgIpc) is 2.51. The molecule has 0 N–H and O–H groups in total. The molecule has 0 saturated carbocycles. The van der Waals surface area contributed by atoms with Gasteiger partial charge in [-0.25, -0.2) is 0 Å². The fourth-order valence-electron chi connectivity index (χ4n) is 1.76. The van der Waals surface area contributed by atoms with Gasteiger partial charge in [0, 0.05) is 5.56 Å². The lowest BCUT2D eigenvalue weighted by molar-refractivity contribution is -0.268. The Balaban J connectivity index is 3.15. The second-order valence-corrected chi connectivity index (χ2v) is 4.51. The summed E-state index contributed by atoms with van der Waals surface area (Å²) in [7, 11) is 3.71. The van der Waals surface area contributed by atoms with Crippen LogP contribution in [-0.2, 0) is 4.79 Å². The molecule has 0 aliphatic rings. The highest BCUT2D eigenvalue weighted by molar-refractivity contribution is 6.10. The zero-order chi connectivity index (χ0) is 18.7. The smallest absolute Gasteiger partial charge is 0.461 e. The summed E-state index contributed by atoms with van der Waals surface area (Å²) in [6.07, 6.45) is -7.70. The summed E-state index contributed by atoms with van der Waals surface area (Å²) in [6.45, 7) is 0. The van der Waals surface area contributed by atoms with Crippen molar-refractivity contribution in [3.05, 3.63) is 17.7 Å². The van der Waals surface area contributed by atoms with Gasteiger partial charge in [0.2, 0.25) is 11.5 Å². The predicted molar refractivity (Wildman–Crippen MR) is 71.1 cm³/mol. The number of hydrogen-bond acceptors (Lipinski definition) is 5. The van der Waals surface area contributed by atoms with Gasteiger partial charge in [-0.05, 0) is 12.1 Å². The molecule has 0 heterocycles. The molecule has 0 aliphatic carbocycles. The van der Waals surface area contributed by atoms with Crippen molar-refractivity contribution in [2.24, 2.45) is 0 Å². The van der Waals surface area contributed by atoms with E-state index in [2.05, 4.69) is 0 Å². The van der Waals surface area contributed by atoms with Crippen LogP contribution in [0, 0.1) is 0 Å². The minimum absolute atomic E-state index is 0.0183. The van der Waals surface area contributed by atoms with Crippen molar-refractivity contribution in [1.29, 1.82) is 0 Å². The minimum Gasteiger partial charge on any atom is -0.493 e. The lowest BCUT2D eigenvalue weighted by Gasteiger charge is -2.18. The molecule has 0 unspecified atom stereocenters. The number of benzene rings is 1. The lowest BCUT2D eigenvalue weighted by atomic mass is 10.0.